The van der Waals surface area contributed by atoms with Crippen LogP contribution in [0.4, 0.5) is 36.4 Å². The first-order chi connectivity index (χ1) is 11.7. The van der Waals surface area contributed by atoms with Crippen LogP contribution in [0, 0.1) is 22.6 Å². The molecule has 2 N–H and O–H groups in total. The summed E-state index contributed by atoms with van der Waals surface area (Å²) in [7, 11) is 0. The lowest BCUT2D eigenvalue weighted by atomic mass is 10.2. The van der Waals surface area contributed by atoms with E-state index in [0.717, 1.165) is 13.0 Å². The summed E-state index contributed by atoms with van der Waals surface area (Å²) in [5.41, 5.74) is -9.67. The van der Waals surface area contributed by atoms with Crippen molar-refractivity contribution in [2.24, 2.45) is 0 Å². The third kappa shape index (κ3) is 5.03. The molecule has 1 rings (SSSR count). The second-order valence-corrected chi connectivity index (χ2v) is 6.41. The topological polar surface area (TPSA) is 82.7 Å². The van der Waals surface area contributed by atoms with Crippen molar-refractivity contribution in [3.8, 4) is 6.07 Å². The summed E-state index contributed by atoms with van der Waals surface area (Å²) in [6, 6.07) is 1.44. The maximum absolute atomic E-state index is 13.9. The summed E-state index contributed by atoms with van der Waals surface area (Å²) in [4.78, 5) is -1.31. The molecule has 26 heavy (non-hydrogen) atoms. The van der Waals surface area contributed by atoms with E-state index < -0.39 is 61.3 Å². The maximum Gasteiger partial charge on any atom is 0.578 e. The summed E-state index contributed by atoms with van der Waals surface area (Å²) in [6.45, 7) is 0.832. The summed E-state index contributed by atoms with van der Waals surface area (Å²) in [5, 5.41) is 16.9. The van der Waals surface area contributed by atoms with E-state index in [4.69, 9.17) is 22.3 Å². The molecule has 1 aromatic rings. The molecule has 0 bridgehead atoms. The molecule has 0 heterocycles. The fraction of sp³-hybridized carbons (Fsp3) is 0.231. The number of hydrogen-bond acceptors (Lipinski definition) is 4. The van der Waals surface area contributed by atoms with Crippen LogP contribution in [0.5, 0.6) is 0 Å². The smallest absolute Gasteiger partial charge is 0.578 e. The van der Waals surface area contributed by atoms with Crippen LogP contribution in [-0.2, 0) is 17.4 Å². The molecule has 0 aliphatic carbocycles. The van der Waals surface area contributed by atoms with Crippen LogP contribution >= 0.6 is 11.6 Å². The zero-order chi connectivity index (χ0) is 20.4. The molecule has 1 atom stereocenters. The van der Waals surface area contributed by atoms with Crippen LogP contribution in [0.2, 0.25) is 5.02 Å². The number of alkyl halides is 6. The van der Waals surface area contributed by atoms with Gasteiger partial charge in [0.05, 0.1) is 22.0 Å². The molecule has 0 aliphatic heterocycles. The number of rotatable bonds is 4. The summed E-state index contributed by atoms with van der Waals surface area (Å²) >= 11 is 1.71. The van der Waals surface area contributed by atoms with Crippen molar-refractivity contribution >= 4 is 34.2 Å². The van der Waals surface area contributed by atoms with Gasteiger partial charge in [-0.25, -0.2) is 4.39 Å². The van der Waals surface area contributed by atoms with Crippen LogP contribution in [0.3, 0.4) is 0 Å². The zero-order valence-corrected chi connectivity index (χ0v) is 14.0. The molecule has 0 radical (unpaired) electrons. The highest BCUT2D eigenvalue weighted by molar-refractivity contribution is 7.97. The number of halogens is 8. The lowest BCUT2D eigenvalue weighted by Gasteiger charge is -2.18. The van der Waals surface area contributed by atoms with Gasteiger partial charge in [-0.15, -0.1) is 13.2 Å². The molecule has 0 spiro atoms. The molecule has 0 amide bonds. The van der Waals surface area contributed by atoms with Gasteiger partial charge in [0.15, 0.2) is 5.71 Å². The normalized spacial score (nSPS) is 14.3. The number of nitrogens with zero attached hydrogens (tertiary/aromatic N) is 1. The molecule has 142 valence electrons. The first-order valence-corrected chi connectivity index (χ1v) is 7.74. The Kier molecular flexibility index (Phi) is 6.56. The van der Waals surface area contributed by atoms with Gasteiger partial charge < -0.3 is 9.87 Å². The predicted octanol–water partition coefficient (Wildman–Crippen LogP) is 4.95. The standard InChI is InChI=1S/C13H7ClF7N3OS/c1-5(11(9(23)4-22)26(25)13(19,20)21)24-10-7(14)2-6(3-8(10)15)12(16,17)18/h2-3,23-24H,1H3/b11-5+,23-9?. The SMILES string of the molecule is C/C(Nc1c(F)cc(C(F)(F)F)cc1Cl)=C(/C(=N)C#N)[S+]([O-])C(F)(F)F. The second-order valence-electron chi connectivity index (χ2n) is 4.59. The molecular weight excluding hydrogens is 415 g/mol. The van der Waals surface area contributed by atoms with Gasteiger partial charge in [-0.3, -0.25) is 5.41 Å². The van der Waals surface area contributed by atoms with E-state index in [1.165, 1.54) is 0 Å². The van der Waals surface area contributed by atoms with E-state index >= 15 is 0 Å². The Labute approximate surface area is 149 Å². The minimum absolute atomic E-state index is 0.0531. The Morgan fingerprint density at radius 1 is 1.27 bits per heavy atom. The van der Waals surface area contributed by atoms with Crippen molar-refractivity contribution < 1.29 is 35.3 Å². The molecule has 1 unspecified atom stereocenters. The largest absolute Gasteiger partial charge is 0.604 e. The molecule has 0 saturated carbocycles. The number of hydrogen-bond donors (Lipinski definition) is 2. The number of benzene rings is 1. The van der Waals surface area contributed by atoms with Crippen LogP contribution in [0.1, 0.15) is 12.5 Å². The van der Waals surface area contributed by atoms with Gasteiger partial charge in [0, 0.05) is 0 Å². The van der Waals surface area contributed by atoms with Gasteiger partial charge in [-0.05, 0) is 19.1 Å². The fourth-order valence-corrected chi connectivity index (χ4v) is 2.73. The van der Waals surface area contributed by atoms with Gasteiger partial charge in [0.1, 0.15) is 23.1 Å². The molecule has 0 fully saturated rings. The zero-order valence-electron chi connectivity index (χ0n) is 12.4. The highest BCUT2D eigenvalue weighted by Crippen LogP contribution is 2.37. The molecular formula is C13H7ClF7N3OS. The third-order valence-electron chi connectivity index (χ3n) is 2.76. The maximum atomic E-state index is 13.9. The predicted molar refractivity (Wildman–Crippen MR) is 80.3 cm³/mol. The molecule has 13 heteroatoms. The number of nitriles is 1. The van der Waals surface area contributed by atoms with Crippen molar-refractivity contribution in [3.63, 3.8) is 0 Å². The average Bonchev–Trinajstić information content (AvgIpc) is 2.48. The van der Waals surface area contributed by atoms with Crippen molar-refractivity contribution in [2.75, 3.05) is 5.32 Å². The molecule has 0 aliphatic rings. The summed E-state index contributed by atoms with van der Waals surface area (Å²) in [5.74, 6) is -1.55. The summed E-state index contributed by atoms with van der Waals surface area (Å²) in [6.07, 6.45) is -4.92. The van der Waals surface area contributed by atoms with Crippen molar-refractivity contribution in [1.29, 1.82) is 10.7 Å². The van der Waals surface area contributed by atoms with E-state index in [0.29, 0.717) is 6.07 Å². The van der Waals surface area contributed by atoms with Crippen LogP contribution < -0.4 is 5.32 Å². The van der Waals surface area contributed by atoms with E-state index in [-0.39, 0.29) is 6.07 Å². The van der Waals surface area contributed by atoms with E-state index in [1.54, 1.807) is 0 Å². The monoisotopic (exact) mass is 421 g/mol. The number of nitrogens with one attached hydrogen (secondary N) is 2. The third-order valence-corrected chi connectivity index (χ3v) is 4.36. The average molecular weight is 422 g/mol. The van der Waals surface area contributed by atoms with Crippen molar-refractivity contribution in [2.45, 2.75) is 18.6 Å². The second kappa shape index (κ2) is 7.73. The van der Waals surface area contributed by atoms with E-state index in [9.17, 15) is 35.3 Å². The lowest BCUT2D eigenvalue weighted by Crippen LogP contribution is -2.29. The first kappa shape index (κ1) is 22.1. The lowest BCUT2D eigenvalue weighted by molar-refractivity contribution is -0.137. The van der Waals surface area contributed by atoms with E-state index in [2.05, 4.69) is 0 Å². The highest BCUT2D eigenvalue weighted by Gasteiger charge is 2.49. The van der Waals surface area contributed by atoms with Gasteiger partial charge in [-0.2, -0.15) is 18.4 Å². The van der Waals surface area contributed by atoms with Crippen molar-refractivity contribution in [3.05, 3.63) is 39.1 Å². The molecule has 0 aromatic heterocycles. The Bertz CT molecular complexity index is 775. The Morgan fingerprint density at radius 3 is 2.19 bits per heavy atom. The van der Waals surface area contributed by atoms with Crippen LogP contribution in [-0.4, -0.2) is 15.8 Å². The van der Waals surface area contributed by atoms with Crippen LogP contribution in [0.25, 0.3) is 0 Å². The molecule has 1 aromatic carbocycles. The Balaban J connectivity index is 3.45. The highest BCUT2D eigenvalue weighted by atomic mass is 35.5. The molecule has 0 saturated heterocycles. The van der Waals surface area contributed by atoms with Crippen LogP contribution in [0.15, 0.2) is 22.7 Å². The van der Waals surface area contributed by atoms with Crippen molar-refractivity contribution in [1.82, 2.24) is 0 Å². The Morgan fingerprint density at radius 2 is 1.81 bits per heavy atom. The number of allylic oxidation sites excluding steroid dienone is 2. The summed E-state index contributed by atoms with van der Waals surface area (Å²) < 4.78 is 101. The molecule has 4 nitrogen and oxygen atoms in total. The Hall–Kier alpha value is -1.97. The van der Waals surface area contributed by atoms with E-state index in [1.807, 2.05) is 5.32 Å². The minimum atomic E-state index is -5.33. The van der Waals surface area contributed by atoms with Gasteiger partial charge in [-0.1, -0.05) is 11.6 Å². The first-order valence-electron chi connectivity index (χ1n) is 6.22. The van der Waals surface area contributed by atoms with Gasteiger partial charge in [0.25, 0.3) is 0 Å². The van der Waals surface area contributed by atoms with Gasteiger partial charge in [0.2, 0.25) is 4.91 Å². The minimum Gasteiger partial charge on any atom is -0.604 e. The fourth-order valence-electron chi connectivity index (χ4n) is 1.69. The number of anilines is 1. The van der Waals surface area contributed by atoms with Gasteiger partial charge >= 0.3 is 11.7 Å². The quantitative estimate of drug-likeness (QED) is 0.410.